The monoisotopic (exact) mass is 287 g/mol. The summed E-state index contributed by atoms with van der Waals surface area (Å²) in [7, 11) is 0. The van der Waals surface area contributed by atoms with Gasteiger partial charge in [-0.25, -0.2) is 9.78 Å². The summed E-state index contributed by atoms with van der Waals surface area (Å²) in [4.78, 5) is 15.2. The molecule has 0 spiro atoms. The highest BCUT2D eigenvalue weighted by molar-refractivity contribution is 7.99. The predicted molar refractivity (Wildman–Crippen MR) is 73.2 cm³/mol. The third-order valence-corrected chi connectivity index (χ3v) is 3.25. The van der Waals surface area contributed by atoms with Crippen molar-refractivity contribution in [3.05, 3.63) is 12.0 Å². The molecule has 108 valence electrons. The molecule has 5 nitrogen and oxygen atoms in total. The number of aliphatic hydroxyl groups excluding tert-OH is 1. The maximum atomic E-state index is 11.0. The third kappa shape index (κ3) is 5.65. The van der Waals surface area contributed by atoms with Gasteiger partial charge in [0.05, 0.1) is 12.8 Å². The molecule has 1 rings (SSSR count). The van der Waals surface area contributed by atoms with Crippen LogP contribution in [0.5, 0.6) is 0 Å². The number of carbonyl (C=O) groups is 1. The molecule has 0 aliphatic carbocycles. The van der Waals surface area contributed by atoms with Crippen LogP contribution in [0.2, 0.25) is 0 Å². The molecule has 0 radical (unpaired) electrons. The number of thioether (sulfide) groups is 1. The largest absolute Gasteiger partial charge is 0.464 e. The lowest BCUT2D eigenvalue weighted by Gasteiger charge is -2.12. The van der Waals surface area contributed by atoms with Crippen LogP contribution in [0.4, 0.5) is 0 Å². The van der Waals surface area contributed by atoms with Crippen LogP contribution >= 0.6 is 11.8 Å². The van der Waals surface area contributed by atoms with Crippen molar-refractivity contribution in [2.75, 3.05) is 12.4 Å². The fraction of sp³-hybridized carbons (Fsp3) is 0.692. The van der Waals surface area contributed by atoms with Gasteiger partial charge in [-0.1, -0.05) is 32.5 Å². The normalized spacial score (nSPS) is 13.3. The van der Waals surface area contributed by atoms with Gasteiger partial charge in [0.25, 0.3) is 5.22 Å². The fourth-order valence-corrected chi connectivity index (χ4v) is 1.90. The molecule has 1 aromatic heterocycles. The summed E-state index contributed by atoms with van der Waals surface area (Å²) in [6.07, 6.45) is 1.38. The van der Waals surface area contributed by atoms with E-state index in [1.54, 1.807) is 6.20 Å². The summed E-state index contributed by atoms with van der Waals surface area (Å²) in [5.41, 5.74) is -0.0431. The molecule has 0 saturated carbocycles. The molecule has 0 bridgehead atoms. The van der Waals surface area contributed by atoms with Gasteiger partial charge >= 0.3 is 5.97 Å². The lowest BCUT2D eigenvalue weighted by atomic mass is 9.94. The van der Waals surface area contributed by atoms with E-state index < -0.39 is 12.1 Å². The van der Waals surface area contributed by atoms with E-state index in [0.29, 0.717) is 18.3 Å². The predicted octanol–water partition coefficient (Wildman–Crippen LogP) is 2.38. The molecule has 1 unspecified atom stereocenters. The maximum Gasteiger partial charge on any atom is 0.334 e. The number of ether oxygens (including phenoxy) is 1. The summed E-state index contributed by atoms with van der Waals surface area (Å²) in [6.45, 7) is 7.88. The molecular weight excluding hydrogens is 266 g/mol. The van der Waals surface area contributed by atoms with E-state index >= 15 is 0 Å². The van der Waals surface area contributed by atoms with Crippen molar-refractivity contribution in [2.45, 2.75) is 50.9 Å². The number of esters is 1. The molecule has 0 aromatic carbocycles. The Balaban J connectivity index is 2.23. The molecule has 0 amide bonds. The van der Waals surface area contributed by atoms with Crippen LogP contribution in [0.15, 0.2) is 15.8 Å². The third-order valence-electron chi connectivity index (χ3n) is 2.32. The molecule has 1 aromatic rings. The summed E-state index contributed by atoms with van der Waals surface area (Å²) >= 11 is 1.49. The molecule has 19 heavy (non-hydrogen) atoms. The number of nitrogens with zero attached hydrogens (tertiary/aromatic N) is 1. The van der Waals surface area contributed by atoms with Crippen LogP contribution in [0.25, 0.3) is 0 Å². The molecule has 0 aliphatic rings. The highest BCUT2D eigenvalue weighted by Crippen LogP contribution is 2.26. The van der Waals surface area contributed by atoms with Crippen molar-refractivity contribution < 1.29 is 19.1 Å². The Morgan fingerprint density at radius 1 is 1.58 bits per heavy atom. The lowest BCUT2D eigenvalue weighted by molar-refractivity contribution is -0.152. The highest BCUT2D eigenvalue weighted by atomic mass is 32.2. The Kier molecular flexibility index (Phi) is 5.87. The van der Waals surface area contributed by atoms with Gasteiger partial charge in [-0.2, -0.15) is 0 Å². The first-order chi connectivity index (χ1) is 8.80. The number of oxazole rings is 1. The van der Waals surface area contributed by atoms with Gasteiger partial charge < -0.3 is 14.3 Å². The quantitative estimate of drug-likeness (QED) is 0.492. The minimum absolute atomic E-state index is 0.0431. The van der Waals surface area contributed by atoms with Crippen molar-refractivity contribution in [1.29, 1.82) is 0 Å². The van der Waals surface area contributed by atoms with Crippen LogP contribution in [0, 0.1) is 0 Å². The number of hydrogen-bond acceptors (Lipinski definition) is 6. The Bertz CT molecular complexity index is 409. The zero-order chi connectivity index (χ0) is 14.5. The molecule has 0 fully saturated rings. The molecule has 1 heterocycles. The van der Waals surface area contributed by atoms with E-state index in [0.717, 1.165) is 11.5 Å². The molecule has 0 saturated heterocycles. The van der Waals surface area contributed by atoms with Crippen LogP contribution in [-0.2, 0) is 14.9 Å². The average Bonchev–Trinajstić information content (AvgIpc) is 2.76. The van der Waals surface area contributed by atoms with E-state index in [-0.39, 0.29) is 5.41 Å². The van der Waals surface area contributed by atoms with Gasteiger partial charge in [0.15, 0.2) is 0 Å². The summed E-state index contributed by atoms with van der Waals surface area (Å²) in [6, 6.07) is 0. The van der Waals surface area contributed by atoms with Gasteiger partial charge in [0.2, 0.25) is 0 Å². The topological polar surface area (TPSA) is 72.6 Å². The van der Waals surface area contributed by atoms with E-state index in [1.165, 1.54) is 18.7 Å². The zero-order valence-corrected chi connectivity index (χ0v) is 12.6. The molecule has 6 heteroatoms. The molecule has 0 aliphatic heterocycles. The van der Waals surface area contributed by atoms with E-state index in [9.17, 15) is 4.79 Å². The standard InChI is InChI=1S/C13H21NO4S/c1-9(15)11(16)17-6-5-7-19-12-14-8-10(18-12)13(2,3)4/h8-9,15H,5-7H2,1-4H3. The van der Waals surface area contributed by atoms with Gasteiger partial charge in [0.1, 0.15) is 11.9 Å². The molecule has 1 atom stereocenters. The van der Waals surface area contributed by atoms with E-state index in [1.807, 2.05) is 0 Å². The van der Waals surface area contributed by atoms with Crippen molar-refractivity contribution >= 4 is 17.7 Å². The first-order valence-electron chi connectivity index (χ1n) is 6.24. The number of hydrogen-bond donors (Lipinski definition) is 1. The Labute approximate surface area is 117 Å². The van der Waals surface area contributed by atoms with Gasteiger partial charge in [-0.15, -0.1) is 0 Å². The smallest absolute Gasteiger partial charge is 0.334 e. The van der Waals surface area contributed by atoms with E-state index in [2.05, 4.69) is 25.8 Å². The van der Waals surface area contributed by atoms with Crippen molar-refractivity contribution in [3.8, 4) is 0 Å². The van der Waals surface area contributed by atoms with Gasteiger partial charge in [-0.05, 0) is 13.3 Å². The second kappa shape index (κ2) is 6.96. The van der Waals surface area contributed by atoms with Crippen molar-refractivity contribution in [2.24, 2.45) is 0 Å². The SMILES string of the molecule is CC(O)C(=O)OCCCSc1ncc(C(C)(C)C)o1. The Hall–Kier alpha value is -1.01. The second-order valence-electron chi connectivity index (χ2n) is 5.29. The maximum absolute atomic E-state index is 11.0. The minimum Gasteiger partial charge on any atom is -0.464 e. The zero-order valence-electron chi connectivity index (χ0n) is 11.8. The van der Waals surface area contributed by atoms with Crippen LogP contribution in [0.1, 0.15) is 39.9 Å². The number of aliphatic hydroxyl groups is 1. The Morgan fingerprint density at radius 3 is 2.79 bits per heavy atom. The van der Waals surface area contributed by atoms with Crippen molar-refractivity contribution in [1.82, 2.24) is 4.98 Å². The van der Waals surface area contributed by atoms with Gasteiger partial charge in [-0.3, -0.25) is 0 Å². The van der Waals surface area contributed by atoms with Crippen molar-refractivity contribution in [3.63, 3.8) is 0 Å². The highest BCUT2D eigenvalue weighted by Gasteiger charge is 2.19. The summed E-state index contributed by atoms with van der Waals surface area (Å²) < 4.78 is 10.5. The number of carbonyl (C=O) groups excluding carboxylic acids is 1. The molecular formula is C13H21NO4S. The van der Waals surface area contributed by atoms with Crippen LogP contribution < -0.4 is 0 Å². The number of rotatable bonds is 6. The first-order valence-corrected chi connectivity index (χ1v) is 7.23. The van der Waals surface area contributed by atoms with E-state index in [4.69, 9.17) is 14.3 Å². The van der Waals surface area contributed by atoms with Crippen LogP contribution in [-0.4, -0.2) is 34.5 Å². The second-order valence-corrected chi connectivity index (χ2v) is 6.33. The minimum atomic E-state index is -1.06. The summed E-state index contributed by atoms with van der Waals surface area (Å²) in [5.74, 6) is 1.02. The molecule has 1 N–H and O–H groups in total. The summed E-state index contributed by atoms with van der Waals surface area (Å²) in [5, 5.41) is 9.56. The van der Waals surface area contributed by atoms with Crippen LogP contribution in [0.3, 0.4) is 0 Å². The average molecular weight is 287 g/mol. The fourth-order valence-electron chi connectivity index (χ4n) is 1.18. The first kappa shape index (κ1) is 16.0. The number of aromatic nitrogens is 1. The Morgan fingerprint density at radius 2 is 2.26 bits per heavy atom. The van der Waals surface area contributed by atoms with Gasteiger partial charge in [0, 0.05) is 11.2 Å². The lowest BCUT2D eigenvalue weighted by Crippen LogP contribution is -2.19.